The summed E-state index contributed by atoms with van der Waals surface area (Å²) in [6.45, 7) is 14.3. The molecule has 4 heterocycles. The van der Waals surface area contributed by atoms with Crippen molar-refractivity contribution in [1.82, 2.24) is 4.48 Å². The standard InChI is InChI=1S/C62H70N5/c1-60(2)48-21-13-16-24-51(48)63(7)56(60)37-33-42-29-30-43(34-38-57-61(3,4)49-22-14-17-25-52(49)64(57)8)46(42)41-47-44(35-39-58-62(5,6)50-23-15-18-26-53(50)65(58)9)31-32-45(47)36-40-59-66(10)54-27-19-20-28-55(54)67(59,11)12/h13-28,33-40H,29-32,41H2,1-12H3/q+3. The van der Waals surface area contributed by atoms with Crippen molar-refractivity contribution in [2.75, 3.05) is 52.1 Å². The molecule has 10 rings (SSSR count). The minimum absolute atomic E-state index is 0.0922. The molecule has 67 heavy (non-hydrogen) atoms. The number of nitrogens with zero attached hydrogens (tertiary/aromatic N) is 5. The van der Waals surface area contributed by atoms with Crippen molar-refractivity contribution in [2.45, 2.75) is 89.9 Å². The molecular weight excluding hydrogens is 815 g/mol. The molecule has 5 heteroatoms. The van der Waals surface area contributed by atoms with Crippen LogP contribution in [0.25, 0.3) is 0 Å². The van der Waals surface area contributed by atoms with Gasteiger partial charge in [0.2, 0.25) is 11.4 Å². The molecule has 0 radical (unpaired) electrons. The summed E-state index contributed by atoms with van der Waals surface area (Å²) in [6, 6.07) is 35.6. The van der Waals surface area contributed by atoms with Gasteiger partial charge in [0.25, 0.3) is 5.69 Å². The van der Waals surface area contributed by atoms with Crippen molar-refractivity contribution in [3.8, 4) is 0 Å². The topological polar surface area (TPSA) is 12.5 Å². The zero-order valence-corrected chi connectivity index (χ0v) is 42.1. The van der Waals surface area contributed by atoms with Gasteiger partial charge in [0.15, 0.2) is 5.71 Å². The fourth-order valence-corrected chi connectivity index (χ4v) is 12.7. The van der Waals surface area contributed by atoms with Crippen LogP contribution in [0.15, 0.2) is 191 Å². The van der Waals surface area contributed by atoms with E-state index in [1.54, 1.807) is 0 Å². The summed E-state index contributed by atoms with van der Waals surface area (Å²) in [7, 11) is 13.6. The molecule has 0 N–H and O–H groups in total. The van der Waals surface area contributed by atoms with E-state index in [1.165, 1.54) is 102 Å². The molecule has 4 aromatic rings. The minimum Gasteiger partial charge on any atom is -0.347 e. The van der Waals surface area contributed by atoms with Crippen LogP contribution in [0.2, 0.25) is 0 Å². The summed E-state index contributed by atoms with van der Waals surface area (Å²) in [5.41, 5.74) is 23.1. The van der Waals surface area contributed by atoms with E-state index in [2.05, 4.69) is 248 Å². The number of hydrogen-bond acceptors (Lipinski definition) is 2. The van der Waals surface area contributed by atoms with E-state index in [0.717, 1.165) is 32.1 Å². The second-order valence-electron chi connectivity index (χ2n) is 21.7. The Hall–Kier alpha value is -6.30. The number of allylic oxidation sites excluding steroid dienone is 15. The Morgan fingerprint density at radius 2 is 0.970 bits per heavy atom. The predicted molar refractivity (Wildman–Crippen MR) is 285 cm³/mol. The van der Waals surface area contributed by atoms with E-state index in [-0.39, 0.29) is 16.2 Å². The first-order chi connectivity index (χ1) is 31.9. The second-order valence-corrected chi connectivity index (χ2v) is 21.7. The maximum absolute atomic E-state index is 2.48. The molecule has 0 saturated heterocycles. The van der Waals surface area contributed by atoms with Crippen molar-refractivity contribution in [3.63, 3.8) is 0 Å². The minimum atomic E-state index is -0.0927. The molecule has 0 atom stereocenters. The van der Waals surface area contributed by atoms with Crippen LogP contribution in [0.3, 0.4) is 0 Å². The van der Waals surface area contributed by atoms with Crippen molar-refractivity contribution in [2.24, 2.45) is 0 Å². The van der Waals surface area contributed by atoms with Crippen molar-refractivity contribution in [3.05, 3.63) is 207 Å². The maximum atomic E-state index is 2.48. The highest BCUT2D eigenvalue weighted by Gasteiger charge is 2.45. The molecule has 340 valence electrons. The first kappa shape index (κ1) is 44.5. The van der Waals surface area contributed by atoms with Crippen LogP contribution < -0.4 is 14.3 Å². The highest BCUT2D eigenvalue weighted by atomic mass is 15.4. The number of benzene rings is 4. The smallest absolute Gasteiger partial charge is 0.347 e. The lowest BCUT2D eigenvalue weighted by atomic mass is 9.81. The zero-order valence-electron chi connectivity index (χ0n) is 42.1. The van der Waals surface area contributed by atoms with Gasteiger partial charge < -0.3 is 9.80 Å². The largest absolute Gasteiger partial charge is 0.374 e. The van der Waals surface area contributed by atoms with Crippen LogP contribution in [0.1, 0.15) is 90.3 Å². The van der Waals surface area contributed by atoms with E-state index >= 15 is 0 Å². The third kappa shape index (κ3) is 7.07. The van der Waals surface area contributed by atoms with Crippen LogP contribution in [0.5, 0.6) is 0 Å². The van der Waals surface area contributed by atoms with E-state index in [0.29, 0.717) is 4.48 Å². The molecule has 0 spiro atoms. The molecule has 0 unspecified atom stereocenters. The average molecular weight is 885 g/mol. The molecule has 4 aromatic carbocycles. The molecular formula is C62H70N5+3. The summed E-state index contributed by atoms with van der Waals surface area (Å²) in [5, 5.41) is 0. The van der Waals surface area contributed by atoms with Gasteiger partial charge in [0, 0.05) is 77.5 Å². The van der Waals surface area contributed by atoms with Crippen LogP contribution in [0, 0.1) is 0 Å². The van der Waals surface area contributed by atoms with Gasteiger partial charge in [-0.15, -0.1) is 4.58 Å². The Labute approximate surface area is 401 Å². The summed E-state index contributed by atoms with van der Waals surface area (Å²) < 4.78 is 5.50. The van der Waals surface area contributed by atoms with E-state index in [4.69, 9.17) is 0 Å². The molecule has 4 aliphatic heterocycles. The Kier molecular flexibility index (Phi) is 10.8. The van der Waals surface area contributed by atoms with Gasteiger partial charge >= 0.3 is 5.84 Å². The van der Waals surface area contributed by atoms with Crippen molar-refractivity contribution < 1.29 is 9.15 Å². The number of anilines is 2. The molecule has 0 fully saturated rings. The number of para-hydroxylation sites is 5. The fraction of sp³-hybridized carbons (Fsp3) is 0.323. The first-order valence-corrected chi connectivity index (χ1v) is 24.5. The van der Waals surface area contributed by atoms with Gasteiger partial charge in [0.1, 0.15) is 14.1 Å². The number of hydrogen-bond donors (Lipinski definition) is 0. The Bertz CT molecular complexity index is 2880. The Balaban J connectivity index is 1.11. The molecule has 0 saturated carbocycles. The number of amidine groups is 1. The third-order valence-electron chi connectivity index (χ3n) is 16.6. The van der Waals surface area contributed by atoms with Crippen molar-refractivity contribution >= 4 is 40.0 Å². The number of rotatable bonds is 8. The van der Waals surface area contributed by atoms with Gasteiger partial charge in [-0.3, -0.25) is 0 Å². The van der Waals surface area contributed by atoms with Gasteiger partial charge in [-0.25, -0.2) is 4.48 Å². The van der Waals surface area contributed by atoms with Gasteiger partial charge in [-0.2, -0.15) is 4.58 Å². The van der Waals surface area contributed by atoms with Gasteiger partial charge in [-0.1, -0.05) is 113 Å². The van der Waals surface area contributed by atoms with Crippen LogP contribution in [-0.2, 0) is 16.2 Å². The first-order valence-electron chi connectivity index (χ1n) is 24.5. The number of likely N-dealkylation sites (N-methyl/N-ethyl adjacent to an activating group) is 3. The maximum Gasteiger partial charge on any atom is 0.374 e. The second kappa shape index (κ2) is 16.2. The highest BCUT2D eigenvalue weighted by Crippen LogP contribution is 2.50. The normalized spacial score (nSPS) is 23.5. The van der Waals surface area contributed by atoms with Crippen molar-refractivity contribution in [1.29, 1.82) is 0 Å². The number of fused-ring (bicyclic) bond motifs is 4. The highest BCUT2D eigenvalue weighted by molar-refractivity contribution is 6.04. The van der Waals surface area contributed by atoms with Gasteiger partial charge in [-0.05, 0) is 121 Å². The third-order valence-corrected chi connectivity index (χ3v) is 16.6. The summed E-state index contributed by atoms with van der Waals surface area (Å²) in [4.78, 5) is 4.81. The summed E-state index contributed by atoms with van der Waals surface area (Å²) in [5.74, 6) is 1.28. The zero-order chi connectivity index (χ0) is 47.2. The lowest BCUT2D eigenvalue weighted by Crippen LogP contribution is -2.45. The van der Waals surface area contributed by atoms with E-state index < -0.39 is 0 Å². The Morgan fingerprint density at radius 3 is 1.48 bits per heavy atom. The molecule has 0 amide bonds. The predicted octanol–water partition coefficient (Wildman–Crippen LogP) is 13.8. The Morgan fingerprint density at radius 1 is 0.507 bits per heavy atom. The molecule has 0 bridgehead atoms. The van der Waals surface area contributed by atoms with Gasteiger partial charge in [0.05, 0.1) is 25.6 Å². The quantitative estimate of drug-likeness (QED) is 0.129. The SMILES string of the molecule is CN1C(=CC=C2CCC(C=CC3=[N+](C)c4ccccc4C3(C)C)=C2CC2=C(C=CC3=[N+](C)c4ccccc4[N+]3(C)C)CCC2=CC=C2N(C)c3ccccc3C2(C)C)C(C)(C)c2ccccc21. The van der Waals surface area contributed by atoms with E-state index in [9.17, 15) is 0 Å². The number of quaternary nitrogens is 1. The lowest BCUT2D eigenvalue weighted by Gasteiger charge is -2.24. The monoisotopic (exact) mass is 885 g/mol. The summed E-state index contributed by atoms with van der Waals surface area (Å²) in [6.07, 6.45) is 24.6. The van der Waals surface area contributed by atoms with Crippen LogP contribution in [-0.4, -0.2) is 63.0 Å². The molecule has 6 aliphatic rings. The molecule has 5 nitrogen and oxygen atoms in total. The molecule has 0 aromatic heterocycles. The van der Waals surface area contributed by atoms with Crippen LogP contribution in [0.4, 0.5) is 28.4 Å². The summed E-state index contributed by atoms with van der Waals surface area (Å²) >= 11 is 0. The average Bonchev–Trinajstić information content (AvgIpc) is 4.07. The molecule has 2 aliphatic carbocycles. The fourth-order valence-electron chi connectivity index (χ4n) is 12.7. The lowest BCUT2D eigenvalue weighted by molar-refractivity contribution is -0.402. The van der Waals surface area contributed by atoms with E-state index in [1.807, 2.05) is 0 Å². The van der Waals surface area contributed by atoms with Crippen LogP contribution >= 0.6 is 0 Å².